The number of carbonyl (C=O) groups excluding carboxylic acids is 1. The van der Waals surface area contributed by atoms with Crippen LogP contribution in [0.25, 0.3) is 0 Å². The highest BCUT2D eigenvalue weighted by Crippen LogP contribution is 2.29. The highest BCUT2D eigenvalue weighted by Gasteiger charge is 2.20. The average molecular weight is 282 g/mol. The van der Waals surface area contributed by atoms with Crippen molar-refractivity contribution in [3.05, 3.63) is 34.3 Å². The molecule has 16 heavy (non-hydrogen) atoms. The van der Waals surface area contributed by atoms with E-state index in [1.54, 1.807) is 0 Å². The molecule has 0 radical (unpaired) electrons. The molecule has 0 spiro atoms. The largest absolute Gasteiger partial charge is 0.352 e. The summed E-state index contributed by atoms with van der Waals surface area (Å²) in [5, 5.41) is 2.97. The second-order valence-electron chi connectivity index (χ2n) is 4.37. The lowest BCUT2D eigenvalue weighted by molar-refractivity contribution is -0.122. The van der Waals surface area contributed by atoms with E-state index in [1.807, 2.05) is 24.3 Å². The van der Waals surface area contributed by atoms with E-state index in [9.17, 15) is 4.79 Å². The first-order valence-electron chi connectivity index (χ1n) is 5.76. The Morgan fingerprint density at radius 3 is 2.75 bits per heavy atom. The highest BCUT2D eigenvalue weighted by molar-refractivity contribution is 9.10. The van der Waals surface area contributed by atoms with Gasteiger partial charge in [-0.15, -0.1) is 0 Å². The van der Waals surface area contributed by atoms with Crippen molar-refractivity contribution in [2.45, 2.75) is 32.2 Å². The van der Waals surface area contributed by atoms with E-state index < -0.39 is 0 Å². The average Bonchev–Trinajstić information content (AvgIpc) is 2.22. The lowest BCUT2D eigenvalue weighted by Gasteiger charge is -2.24. The zero-order chi connectivity index (χ0) is 11.4. The normalized spacial score (nSPS) is 15.6. The van der Waals surface area contributed by atoms with E-state index in [2.05, 4.69) is 21.2 Å². The number of hydrogen-bond donors (Lipinski definition) is 1. The van der Waals surface area contributed by atoms with Crippen molar-refractivity contribution in [1.29, 1.82) is 0 Å². The number of benzene rings is 1. The molecule has 1 N–H and O–H groups in total. The smallest absolute Gasteiger partial charge is 0.220 e. The Kier molecular flexibility index (Phi) is 3.99. The van der Waals surface area contributed by atoms with Crippen molar-refractivity contribution in [1.82, 2.24) is 5.32 Å². The standard InChI is InChI=1S/C13H16BrNO/c14-12-7-2-1-6-11(12)9-15-13(16)8-10-4-3-5-10/h1-2,6-7,10H,3-5,8-9H2,(H,15,16). The molecule has 0 heterocycles. The van der Waals surface area contributed by atoms with Gasteiger partial charge in [0.05, 0.1) is 0 Å². The van der Waals surface area contributed by atoms with E-state index >= 15 is 0 Å². The van der Waals surface area contributed by atoms with Crippen molar-refractivity contribution in [3.63, 3.8) is 0 Å². The van der Waals surface area contributed by atoms with Crippen LogP contribution in [0.3, 0.4) is 0 Å². The lowest BCUT2D eigenvalue weighted by Crippen LogP contribution is -2.27. The number of amides is 1. The molecule has 0 atom stereocenters. The van der Waals surface area contributed by atoms with Crippen LogP contribution in [-0.2, 0) is 11.3 Å². The minimum atomic E-state index is 0.181. The molecule has 1 aromatic rings. The summed E-state index contributed by atoms with van der Waals surface area (Å²) >= 11 is 3.47. The van der Waals surface area contributed by atoms with Crippen LogP contribution in [0.15, 0.2) is 28.7 Å². The van der Waals surface area contributed by atoms with Crippen LogP contribution >= 0.6 is 15.9 Å². The fourth-order valence-electron chi connectivity index (χ4n) is 1.87. The Balaban J connectivity index is 1.78. The van der Waals surface area contributed by atoms with Crippen molar-refractivity contribution in [2.75, 3.05) is 0 Å². The number of rotatable bonds is 4. The van der Waals surface area contributed by atoms with Crippen LogP contribution in [0.5, 0.6) is 0 Å². The van der Waals surface area contributed by atoms with Gasteiger partial charge < -0.3 is 5.32 Å². The maximum absolute atomic E-state index is 11.6. The van der Waals surface area contributed by atoms with Gasteiger partial charge in [0.1, 0.15) is 0 Å². The summed E-state index contributed by atoms with van der Waals surface area (Å²) in [4.78, 5) is 11.6. The third-order valence-corrected chi connectivity index (χ3v) is 3.91. The number of hydrogen-bond acceptors (Lipinski definition) is 1. The maximum Gasteiger partial charge on any atom is 0.220 e. The molecule has 1 aliphatic rings. The molecular formula is C13H16BrNO. The van der Waals surface area contributed by atoms with Gasteiger partial charge in [0, 0.05) is 17.4 Å². The summed E-state index contributed by atoms with van der Waals surface area (Å²) in [6.45, 7) is 0.618. The molecular weight excluding hydrogens is 266 g/mol. The molecule has 2 nitrogen and oxygen atoms in total. The number of carbonyl (C=O) groups is 1. The summed E-state index contributed by atoms with van der Waals surface area (Å²) in [7, 11) is 0. The van der Waals surface area contributed by atoms with E-state index in [0.717, 1.165) is 10.0 Å². The molecule has 1 saturated carbocycles. The zero-order valence-electron chi connectivity index (χ0n) is 9.21. The maximum atomic E-state index is 11.6. The van der Waals surface area contributed by atoms with Gasteiger partial charge in [-0.05, 0) is 30.4 Å². The zero-order valence-corrected chi connectivity index (χ0v) is 10.8. The molecule has 0 saturated heterocycles. The molecule has 1 fully saturated rings. The van der Waals surface area contributed by atoms with E-state index in [1.165, 1.54) is 19.3 Å². The van der Waals surface area contributed by atoms with Crippen molar-refractivity contribution < 1.29 is 4.79 Å². The number of nitrogens with one attached hydrogen (secondary N) is 1. The van der Waals surface area contributed by atoms with Gasteiger partial charge in [0.2, 0.25) is 5.91 Å². The van der Waals surface area contributed by atoms with Crippen molar-refractivity contribution >= 4 is 21.8 Å². The Labute approximate surface area is 105 Å². The minimum absolute atomic E-state index is 0.181. The monoisotopic (exact) mass is 281 g/mol. The first kappa shape index (κ1) is 11.6. The van der Waals surface area contributed by atoms with Gasteiger partial charge in [-0.3, -0.25) is 4.79 Å². The van der Waals surface area contributed by atoms with E-state index in [-0.39, 0.29) is 5.91 Å². The predicted octanol–water partition coefficient (Wildman–Crippen LogP) is 3.26. The summed E-state index contributed by atoms with van der Waals surface area (Å²) in [6.07, 6.45) is 4.44. The molecule has 0 bridgehead atoms. The fraction of sp³-hybridized carbons (Fsp3) is 0.462. The van der Waals surface area contributed by atoms with Crippen LogP contribution in [0.2, 0.25) is 0 Å². The van der Waals surface area contributed by atoms with Crippen LogP contribution in [0.4, 0.5) is 0 Å². The Morgan fingerprint density at radius 2 is 2.12 bits per heavy atom. The fourth-order valence-corrected chi connectivity index (χ4v) is 2.29. The highest BCUT2D eigenvalue weighted by atomic mass is 79.9. The van der Waals surface area contributed by atoms with Gasteiger partial charge in [0.15, 0.2) is 0 Å². The lowest BCUT2D eigenvalue weighted by atomic mass is 9.83. The third-order valence-electron chi connectivity index (χ3n) is 3.13. The second kappa shape index (κ2) is 5.48. The summed E-state index contributed by atoms with van der Waals surface area (Å²) in [5.74, 6) is 0.819. The summed E-state index contributed by atoms with van der Waals surface area (Å²) < 4.78 is 1.05. The first-order valence-corrected chi connectivity index (χ1v) is 6.55. The second-order valence-corrected chi connectivity index (χ2v) is 5.22. The van der Waals surface area contributed by atoms with Crippen LogP contribution in [0.1, 0.15) is 31.2 Å². The Bertz CT molecular complexity index is 374. The molecule has 0 unspecified atom stereocenters. The van der Waals surface area contributed by atoms with Gasteiger partial charge in [-0.25, -0.2) is 0 Å². The SMILES string of the molecule is O=C(CC1CCC1)NCc1ccccc1Br. The third kappa shape index (κ3) is 3.08. The minimum Gasteiger partial charge on any atom is -0.352 e. The van der Waals surface area contributed by atoms with Gasteiger partial charge in [-0.1, -0.05) is 40.5 Å². The van der Waals surface area contributed by atoms with Gasteiger partial charge >= 0.3 is 0 Å². The van der Waals surface area contributed by atoms with Crippen molar-refractivity contribution in [2.24, 2.45) is 5.92 Å². The van der Waals surface area contributed by atoms with E-state index in [4.69, 9.17) is 0 Å². The topological polar surface area (TPSA) is 29.1 Å². The molecule has 0 aromatic heterocycles. The Hall–Kier alpha value is -0.830. The Morgan fingerprint density at radius 1 is 1.38 bits per heavy atom. The molecule has 86 valence electrons. The van der Waals surface area contributed by atoms with E-state index in [0.29, 0.717) is 18.9 Å². The molecule has 0 aliphatic heterocycles. The molecule has 1 amide bonds. The van der Waals surface area contributed by atoms with Crippen LogP contribution in [-0.4, -0.2) is 5.91 Å². The molecule has 1 aliphatic carbocycles. The van der Waals surface area contributed by atoms with Gasteiger partial charge in [-0.2, -0.15) is 0 Å². The molecule has 2 rings (SSSR count). The molecule has 3 heteroatoms. The summed E-state index contributed by atoms with van der Waals surface area (Å²) in [6, 6.07) is 7.98. The van der Waals surface area contributed by atoms with Crippen LogP contribution < -0.4 is 5.32 Å². The quantitative estimate of drug-likeness (QED) is 0.902. The first-order chi connectivity index (χ1) is 7.75. The van der Waals surface area contributed by atoms with Gasteiger partial charge in [0.25, 0.3) is 0 Å². The predicted molar refractivity (Wildman–Crippen MR) is 67.9 cm³/mol. The van der Waals surface area contributed by atoms with Crippen LogP contribution in [0, 0.1) is 5.92 Å². The summed E-state index contributed by atoms with van der Waals surface area (Å²) in [5.41, 5.74) is 1.13. The molecule has 1 aromatic carbocycles. The van der Waals surface area contributed by atoms with Crippen molar-refractivity contribution in [3.8, 4) is 0 Å². The number of halogens is 1.